The number of aryl methyl sites for hydroxylation is 1. The van der Waals surface area contributed by atoms with Gasteiger partial charge in [-0.1, -0.05) is 0 Å². The third-order valence-corrected chi connectivity index (χ3v) is 4.64. The van der Waals surface area contributed by atoms with E-state index >= 15 is 0 Å². The molecule has 0 radical (unpaired) electrons. The van der Waals surface area contributed by atoms with Crippen LogP contribution in [0.2, 0.25) is 0 Å². The minimum Gasteiger partial charge on any atom is -0.345 e. The van der Waals surface area contributed by atoms with E-state index in [0.29, 0.717) is 12.1 Å². The molecule has 3 rings (SSSR count). The maximum Gasteiger partial charge on any atom is 0.251 e. The van der Waals surface area contributed by atoms with Crippen LogP contribution in [0.5, 0.6) is 0 Å². The molecular formula is C15H18ClN3OS. The topological polar surface area (TPSA) is 68.0 Å². The zero-order valence-electron chi connectivity index (χ0n) is 11.5. The van der Waals surface area contributed by atoms with E-state index in [1.165, 1.54) is 10.4 Å². The summed E-state index contributed by atoms with van der Waals surface area (Å²) in [5.41, 5.74) is 8.20. The highest BCUT2D eigenvalue weighted by atomic mass is 35.5. The van der Waals surface area contributed by atoms with Gasteiger partial charge in [0.25, 0.3) is 5.91 Å². The third-order valence-electron chi connectivity index (χ3n) is 3.65. The predicted molar refractivity (Wildman–Crippen MR) is 86.8 cm³/mol. The Bertz CT molecular complexity index is 629. The zero-order valence-corrected chi connectivity index (χ0v) is 13.2. The normalized spacial score (nSPS) is 16.7. The molecule has 1 atom stereocenters. The van der Waals surface area contributed by atoms with Gasteiger partial charge in [-0.25, -0.2) is 0 Å². The third kappa shape index (κ3) is 3.43. The molecular weight excluding hydrogens is 306 g/mol. The number of aromatic nitrogens is 1. The van der Waals surface area contributed by atoms with Crippen molar-refractivity contribution >= 4 is 29.7 Å². The number of nitrogens with one attached hydrogen (secondary N) is 1. The number of fused-ring (bicyclic) bond motifs is 1. The summed E-state index contributed by atoms with van der Waals surface area (Å²) in [6.07, 6.45) is 4.90. The van der Waals surface area contributed by atoms with Crippen LogP contribution < -0.4 is 11.1 Å². The van der Waals surface area contributed by atoms with E-state index < -0.39 is 0 Å². The van der Waals surface area contributed by atoms with E-state index in [0.717, 1.165) is 25.0 Å². The van der Waals surface area contributed by atoms with Crippen molar-refractivity contribution in [3.63, 3.8) is 0 Å². The lowest BCUT2D eigenvalue weighted by Crippen LogP contribution is -2.30. The van der Waals surface area contributed by atoms with Crippen LogP contribution in [0, 0.1) is 0 Å². The monoisotopic (exact) mass is 323 g/mol. The lowest BCUT2D eigenvalue weighted by Gasteiger charge is -2.23. The van der Waals surface area contributed by atoms with Gasteiger partial charge in [-0.2, -0.15) is 0 Å². The maximum atomic E-state index is 12.3. The number of nitrogens with two attached hydrogens (primary N) is 1. The molecule has 0 aromatic carbocycles. The molecule has 2 heterocycles. The van der Waals surface area contributed by atoms with Crippen molar-refractivity contribution in [1.82, 2.24) is 10.3 Å². The van der Waals surface area contributed by atoms with Crippen LogP contribution in [0.25, 0.3) is 0 Å². The van der Waals surface area contributed by atoms with Crippen molar-refractivity contribution < 1.29 is 4.79 Å². The number of thiophene rings is 1. The van der Waals surface area contributed by atoms with Gasteiger partial charge >= 0.3 is 0 Å². The Morgan fingerprint density at radius 2 is 2.33 bits per heavy atom. The van der Waals surface area contributed by atoms with Gasteiger partial charge in [0.1, 0.15) is 0 Å². The fraction of sp³-hybridized carbons (Fsp3) is 0.333. The SMILES string of the molecule is Cl.NCc1cc(C(=O)NC2CCCc3sccc32)ccn1. The molecule has 0 saturated carbocycles. The van der Waals surface area contributed by atoms with Gasteiger partial charge in [0.05, 0.1) is 11.7 Å². The van der Waals surface area contributed by atoms with Crippen LogP contribution >= 0.6 is 23.7 Å². The number of nitrogens with zero attached hydrogens (tertiary/aromatic N) is 1. The van der Waals surface area contributed by atoms with Crippen molar-refractivity contribution in [2.75, 3.05) is 0 Å². The fourth-order valence-corrected chi connectivity index (χ4v) is 3.60. The van der Waals surface area contributed by atoms with E-state index in [4.69, 9.17) is 5.73 Å². The smallest absolute Gasteiger partial charge is 0.251 e. The second kappa shape index (κ2) is 7.02. The lowest BCUT2D eigenvalue weighted by molar-refractivity contribution is 0.0932. The molecule has 0 spiro atoms. The first kappa shape index (κ1) is 15.9. The Morgan fingerprint density at radius 1 is 1.48 bits per heavy atom. The van der Waals surface area contributed by atoms with Crippen LogP contribution in [0.1, 0.15) is 45.4 Å². The fourth-order valence-electron chi connectivity index (χ4n) is 2.61. The van der Waals surface area contributed by atoms with Gasteiger partial charge < -0.3 is 11.1 Å². The summed E-state index contributed by atoms with van der Waals surface area (Å²) < 4.78 is 0. The summed E-state index contributed by atoms with van der Waals surface area (Å²) in [6.45, 7) is 0.346. The van der Waals surface area contributed by atoms with Crippen molar-refractivity contribution in [3.05, 3.63) is 51.5 Å². The van der Waals surface area contributed by atoms with E-state index in [9.17, 15) is 4.79 Å². The van der Waals surface area contributed by atoms with Crippen LogP contribution in [0.4, 0.5) is 0 Å². The molecule has 4 nitrogen and oxygen atoms in total. The number of hydrogen-bond donors (Lipinski definition) is 2. The van der Waals surface area contributed by atoms with Gasteiger partial charge in [-0.15, -0.1) is 23.7 Å². The Hall–Kier alpha value is -1.43. The number of halogens is 1. The summed E-state index contributed by atoms with van der Waals surface area (Å²) in [6, 6.07) is 5.74. The van der Waals surface area contributed by atoms with Crippen molar-refractivity contribution in [1.29, 1.82) is 0 Å². The maximum absolute atomic E-state index is 12.3. The van der Waals surface area contributed by atoms with Crippen molar-refractivity contribution in [2.45, 2.75) is 31.8 Å². The molecule has 6 heteroatoms. The summed E-state index contributed by atoms with van der Waals surface area (Å²) in [4.78, 5) is 17.8. The molecule has 0 fully saturated rings. The highest BCUT2D eigenvalue weighted by Gasteiger charge is 2.23. The standard InChI is InChI=1S/C15H17N3OS.ClH/c16-9-11-8-10(4-6-17-11)15(19)18-13-2-1-3-14-12(13)5-7-20-14;/h4-8,13H,1-3,9,16H2,(H,18,19);1H. The quantitative estimate of drug-likeness (QED) is 0.912. The van der Waals surface area contributed by atoms with E-state index in [1.54, 1.807) is 29.7 Å². The number of amides is 1. The number of carbonyl (C=O) groups is 1. The first-order chi connectivity index (χ1) is 9.78. The Kier molecular flexibility index (Phi) is 5.33. The van der Waals surface area contributed by atoms with Crippen molar-refractivity contribution in [3.8, 4) is 0 Å². The van der Waals surface area contributed by atoms with Gasteiger partial charge in [-0.3, -0.25) is 9.78 Å². The van der Waals surface area contributed by atoms with E-state index in [-0.39, 0.29) is 24.4 Å². The van der Waals surface area contributed by atoms with E-state index in [1.807, 2.05) is 0 Å². The molecule has 0 bridgehead atoms. The number of rotatable bonds is 3. The summed E-state index contributed by atoms with van der Waals surface area (Å²) in [5.74, 6) is -0.0499. The predicted octanol–water partition coefficient (Wildman–Crippen LogP) is 2.83. The molecule has 112 valence electrons. The van der Waals surface area contributed by atoms with Crippen LogP contribution in [0.15, 0.2) is 29.8 Å². The van der Waals surface area contributed by atoms with E-state index in [2.05, 4.69) is 21.7 Å². The number of hydrogen-bond acceptors (Lipinski definition) is 4. The Labute approximate surface area is 134 Å². The zero-order chi connectivity index (χ0) is 13.9. The van der Waals surface area contributed by atoms with Crippen LogP contribution in [-0.2, 0) is 13.0 Å². The number of pyridine rings is 1. The first-order valence-electron chi connectivity index (χ1n) is 6.80. The lowest BCUT2D eigenvalue weighted by atomic mass is 9.94. The summed E-state index contributed by atoms with van der Waals surface area (Å²) >= 11 is 1.78. The molecule has 2 aromatic heterocycles. The Morgan fingerprint density at radius 3 is 3.14 bits per heavy atom. The summed E-state index contributed by atoms with van der Waals surface area (Å²) in [7, 11) is 0. The average molecular weight is 324 g/mol. The molecule has 21 heavy (non-hydrogen) atoms. The second-order valence-electron chi connectivity index (χ2n) is 4.96. The first-order valence-corrected chi connectivity index (χ1v) is 7.68. The summed E-state index contributed by atoms with van der Waals surface area (Å²) in [5, 5.41) is 5.23. The average Bonchev–Trinajstić information content (AvgIpc) is 2.97. The minimum absolute atomic E-state index is 0. The molecule has 2 aromatic rings. The Balaban J connectivity index is 0.00000161. The largest absolute Gasteiger partial charge is 0.345 e. The van der Waals surface area contributed by atoms with Gasteiger partial charge in [0.2, 0.25) is 0 Å². The number of carbonyl (C=O) groups excluding carboxylic acids is 1. The molecule has 0 aliphatic heterocycles. The highest BCUT2D eigenvalue weighted by Crippen LogP contribution is 2.33. The molecule has 1 amide bonds. The molecule has 1 aliphatic carbocycles. The van der Waals surface area contributed by atoms with Crippen molar-refractivity contribution in [2.24, 2.45) is 5.73 Å². The van der Waals surface area contributed by atoms with Gasteiger partial charge in [-0.05, 0) is 48.4 Å². The minimum atomic E-state index is -0.0499. The molecule has 0 saturated heterocycles. The van der Waals surface area contributed by atoms with Gasteiger partial charge in [0, 0.05) is 23.2 Å². The van der Waals surface area contributed by atoms with Crippen LogP contribution in [0.3, 0.4) is 0 Å². The van der Waals surface area contributed by atoms with Crippen LogP contribution in [-0.4, -0.2) is 10.9 Å². The molecule has 1 aliphatic rings. The second-order valence-corrected chi connectivity index (χ2v) is 5.96. The molecule has 1 unspecified atom stereocenters. The van der Waals surface area contributed by atoms with Gasteiger partial charge in [0.15, 0.2) is 0 Å². The highest BCUT2D eigenvalue weighted by molar-refractivity contribution is 7.10. The molecule has 3 N–H and O–H groups in total.